The highest BCUT2D eigenvalue weighted by atomic mass is 19.1. The average molecular weight is 382 g/mol. The van der Waals surface area contributed by atoms with Gasteiger partial charge in [0.1, 0.15) is 5.82 Å². The Morgan fingerprint density at radius 3 is 2.18 bits per heavy atom. The minimum absolute atomic E-state index is 0.0516. The molecule has 0 bridgehead atoms. The molecule has 0 N–H and O–H groups in total. The summed E-state index contributed by atoms with van der Waals surface area (Å²) in [4.78, 5) is 40.5. The van der Waals surface area contributed by atoms with E-state index in [1.54, 1.807) is 46.2 Å². The van der Waals surface area contributed by atoms with Gasteiger partial charge < -0.3 is 9.80 Å². The van der Waals surface area contributed by atoms with E-state index < -0.39 is 5.82 Å². The quantitative estimate of drug-likeness (QED) is 0.747. The van der Waals surface area contributed by atoms with E-state index in [2.05, 4.69) is 0 Å². The van der Waals surface area contributed by atoms with Crippen LogP contribution in [0.25, 0.3) is 0 Å². The molecule has 0 atom stereocenters. The highest BCUT2D eigenvalue weighted by molar-refractivity contribution is 5.98. The Hall–Kier alpha value is -3.02. The van der Waals surface area contributed by atoms with Crippen molar-refractivity contribution in [2.75, 3.05) is 26.2 Å². The van der Waals surface area contributed by atoms with E-state index in [1.807, 2.05) is 6.07 Å². The minimum atomic E-state index is -0.538. The summed E-state index contributed by atoms with van der Waals surface area (Å²) in [7, 11) is 0. The van der Waals surface area contributed by atoms with Crippen LogP contribution in [0.15, 0.2) is 54.6 Å². The number of carbonyl (C=O) groups is 3. The van der Waals surface area contributed by atoms with Crippen LogP contribution in [0.1, 0.15) is 40.0 Å². The molecular formula is C22H23FN2O3. The van der Waals surface area contributed by atoms with Gasteiger partial charge in [0, 0.05) is 44.6 Å². The Kier molecular flexibility index (Phi) is 6.53. The lowest BCUT2D eigenvalue weighted by Crippen LogP contribution is -2.37. The first kappa shape index (κ1) is 19.7. The van der Waals surface area contributed by atoms with Crippen LogP contribution in [0.4, 0.5) is 4.39 Å². The number of halogens is 1. The third kappa shape index (κ3) is 4.82. The van der Waals surface area contributed by atoms with Crippen molar-refractivity contribution >= 4 is 17.6 Å². The number of Topliss-reactive ketones (excluding diaryl/α,β-unsaturated/α-hetero) is 1. The van der Waals surface area contributed by atoms with Crippen LogP contribution in [0, 0.1) is 5.82 Å². The maximum Gasteiger partial charge on any atom is 0.256 e. The van der Waals surface area contributed by atoms with E-state index in [0.717, 1.165) is 0 Å². The fraction of sp³-hybridized carbons (Fsp3) is 0.318. The summed E-state index contributed by atoms with van der Waals surface area (Å²) in [6.07, 6.45) is 0.935. The Morgan fingerprint density at radius 2 is 1.43 bits per heavy atom. The highest BCUT2D eigenvalue weighted by Gasteiger charge is 2.24. The van der Waals surface area contributed by atoms with Crippen molar-refractivity contribution in [1.82, 2.24) is 9.80 Å². The summed E-state index contributed by atoms with van der Waals surface area (Å²) in [5.41, 5.74) is 0.656. The number of amides is 2. The fourth-order valence-corrected chi connectivity index (χ4v) is 3.32. The van der Waals surface area contributed by atoms with E-state index in [4.69, 9.17) is 0 Å². The van der Waals surface area contributed by atoms with Gasteiger partial charge in [0.25, 0.3) is 5.91 Å². The molecule has 28 heavy (non-hydrogen) atoms. The van der Waals surface area contributed by atoms with Gasteiger partial charge in [-0.2, -0.15) is 0 Å². The predicted octanol–water partition coefficient (Wildman–Crippen LogP) is 3.16. The van der Waals surface area contributed by atoms with Crippen molar-refractivity contribution in [3.05, 3.63) is 71.5 Å². The molecule has 146 valence electrons. The van der Waals surface area contributed by atoms with Gasteiger partial charge in [-0.1, -0.05) is 42.5 Å². The maximum atomic E-state index is 13.9. The van der Waals surface area contributed by atoms with Crippen LogP contribution in [-0.4, -0.2) is 53.6 Å². The second-order valence-electron chi connectivity index (χ2n) is 6.80. The van der Waals surface area contributed by atoms with Gasteiger partial charge in [0.15, 0.2) is 5.78 Å². The topological polar surface area (TPSA) is 57.7 Å². The van der Waals surface area contributed by atoms with Crippen molar-refractivity contribution in [3.8, 4) is 0 Å². The molecule has 0 aliphatic carbocycles. The van der Waals surface area contributed by atoms with Crippen LogP contribution in [0.3, 0.4) is 0 Å². The molecule has 1 aliphatic rings. The van der Waals surface area contributed by atoms with Crippen LogP contribution in [0.2, 0.25) is 0 Å². The van der Waals surface area contributed by atoms with Crippen molar-refractivity contribution in [3.63, 3.8) is 0 Å². The molecule has 2 amide bonds. The molecule has 0 radical (unpaired) electrons. The summed E-state index contributed by atoms with van der Waals surface area (Å²) in [5, 5.41) is 0. The predicted molar refractivity (Wildman–Crippen MR) is 104 cm³/mol. The lowest BCUT2D eigenvalue weighted by Gasteiger charge is -2.22. The van der Waals surface area contributed by atoms with Crippen molar-refractivity contribution in [1.29, 1.82) is 0 Å². The van der Waals surface area contributed by atoms with E-state index in [1.165, 1.54) is 12.1 Å². The fourth-order valence-electron chi connectivity index (χ4n) is 3.32. The zero-order valence-electron chi connectivity index (χ0n) is 15.6. The summed E-state index contributed by atoms with van der Waals surface area (Å²) in [5.74, 6) is -1.04. The van der Waals surface area contributed by atoms with Crippen LogP contribution < -0.4 is 0 Å². The largest absolute Gasteiger partial charge is 0.341 e. The van der Waals surface area contributed by atoms with Gasteiger partial charge in [-0.3, -0.25) is 14.4 Å². The monoisotopic (exact) mass is 382 g/mol. The van der Waals surface area contributed by atoms with E-state index in [9.17, 15) is 18.8 Å². The lowest BCUT2D eigenvalue weighted by molar-refractivity contribution is -0.131. The smallest absolute Gasteiger partial charge is 0.256 e. The van der Waals surface area contributed by atoms with Crippen LogP contribution in [-0.2, 0) is 4.79 Å². The molecule has 2 aromatic rings. The average Bonchev–Trinajstić information content (AvgIpc) is 2.98. The minimum Gasteiger partial charge on any atom is -0.341 e. The molecule has 2 aromatic carbocycles. The molecule has 1 saturated heterocycles. The molecule has 1 heterocycles. The molecule has 0 saturated carbocycles. The van der Waals surface area contributed by atoms with Gasteiger partial charge in [-0.05, 0) is 18.6 Å². The Bertz CT molecular complexity index is 854. The number of carbonyl (C=O) groups excluding carboxylic acids is 3. The molecular weight excluding hydrogens is 359 g/mol. The molecule has 1 aliphatic heterocycles. The number of ketones is 1. The Morgan fingerprint density at radius 1 is 0.786 bits per heavy atom. The number of rotatable bonds is 5. The van der Waals surface area contributed by atoms with Crippen molar-refractivity contribution in [2.24, 2.45) is 0 Å². The molecule has 1 fully saturated rings. The summed E-state index contributed by atoms with van der Waals surface area (Å²) >= 11 is 0. The second kappa shape index (κ2) is 9.26. The van der Waals surface area contributed by atoms with Gasteiger partial charge in [-0.25, -0.2) is 4.39 Å². The lowest BCUT2D eigenvalue weighted by atomic mass is 10.1. The standard InChI is InChI=1S/C22H23FN2O3/c23-19-10-5-4-9-18(19)22(28)25-14-6-13-24(15-16-25)21(27)12-11-20(26)17-7-2-1-3-8-17/h1-5,7-10H,6,11-16H2. The molecule has 6 heteroatoms. The first-order valence-electron chi connectivity index (χ1n) is 9.46. The van der Waals surface area contributed by atoms with Gasteiger partial charge in [0.2, 0.25) is 5.91 Å². The molecule has 0 spiro atoms. The first-order chi connectivity index (χ1) is 13.6. The number of hydrogen-bond donors (Lipinski definition) is 0. The normalized spacial score (nSPS) is 14.5. The third-order valence-electron chi connectivity index (χ3n) is 4.90. The van der Waals surface area contributed by atoms with E-state index in [-0.39, 0.29) is 36.0 Å². The number of nitrogens with zero attached hydrogens (tertiary/aromatic N) is 2. The maximum absolute atomic E-state index is 13.9. The zero-order valence-corrected chi connectivity index (χ0v) is 15.6. The van der Waals surface area contributed by atoms with Crippen molar-refractivity contribution in [2.45, 2.75) is 19.3 Å². The summed E-state index contributed by atoms with van der Waals surface area (Å²) in [6, 6.07) is 14.8. The number of benzene rings is 2. The summed E-state index contributed by atoms with van der Waals surface area (Å²) in [6.45, 7) is 1.74. The molecule has 3 rings (SSSR count). The van der Waals surface area contributed by atoms with E-state index in [0.29, 0.717) is 38.2 Å². The van der Waals surface area contributed by atoms with Gasteiger partial charge in [-0.15, -0.1) is 0 Å². The van der Waals surface area contributed by atoms with Crippen LogP contribution >= 0.6 is 0 Å². The highest BCUT2D eigenvalue weighted by Crippen LogP contribution is 2.14. The van der Waals surface area contributed by atoms with Crippen LogP contribution in [0.5, 0.6) is 0 Å². The molecule has 5 nitrogen and oxygen atoms in total. The van der Waals surface area contributed by atoms with Crippen molar-refractivity contribution < 1.29 is 18.8 Å². The zero-order chi connectivity index (χ0) is 19.9. The van der Waals surface area contributed by atoms with Gasteiger partial charge in [0.05, 0.1) is 5.56 Å². The first-order valence-corrected chi connectivity index (χ1v) is 9.46. The summed E-state index contributed by atoms with van der Waals surface area (Å²) < 4.78 is 13.9. The second-order valence-corrected chi connectivity index (χ2v) is 6.80. The molecule has 0 aromatic heterocycles. The Balaban J connectivity index is 1.53. The number of hydrogen-bond acceptors (Lipinski definition) is 3. The SMILES string of the molecule is O=C(CCC(=O)N1CCCN(C(=O)c2ccccc2F)CC1)c1ccccc1. The Labute approximate surface area is 163 Å². The van der Waals surface area contributed by atoms with E-state index >= 15 is 0 Å². The molecule has 0 unspecified atom stereocenters. The third-order valence-corrected chi connectivity index (χ3v) is 4.90. The van der Waals surface area contributed by atoms with Gasteiger partial charge >= 0.3 is 0 Å².